The van der Waals surface area contributed by atoms with Gasteiger partial charge in [-0.05, 0) is 24.3 Å². The quantitative estimate of drug-likeness (QED) is 0.804. The van der Waals surface area contributed by atoms with Crippen molar-refractivity contribution in [3.05, 3.63) is 47.4 Å². The van der Waals surface area contributed by atoms with Crippen molar-refractivity contribution >= 4 is 11.8 Å². The summed E-state index contributed by atoms with van der Waals surface area (Å²) in [5.41, 5.74) is 0.256. The maximum atomic E-state index is 13.0. The zero-order valence-corrected chi connectivity index (χ0v) is 16.4. The smallest absolute Gasteiger partial charge is 0.253 e. The molecule has 2 aromatic rings. The van der Waals surface area contributed by atoms with Gasteiger partial charge in [0.05, 0.1) is 0 Å². The molecule has 1 fully saturated rings. The Hall–Kier alpha value is -2.77. The number of hydrogen-bond acceptors (Lipinski definition) is 5. The first kappa shape index (κ1) is 20.0. The summed E-state index contributed by atoms with van der Waals surface area (Å²) >= 11 is 0. The normalized spacial score (nSPS) is 15.0. The average molecular weight is 388 g/mol. The SMILES string of the molecule is CC(C)(C)c1noc(CCC(=O)N2CCN(C(=O)c3ccc(F)cc3)CC2)n1. The van der Waals surface area contributed by atoms with Crippen molar-refractivity contribution in [2.24, 2.45) is 0 Å². The molecule has 1 aliphatic rings. The van der Waals surface area contributed by atoms with E-state index in [1.807, 2.05) is 20.8 Å². The second-order valence-corrected chi connectivity index (χ2v) is 7.94. The zero-order chi connectivity index (χ0) is 20.3. The standard InChI is InChI=1S/C20H25FN4O3/c1-20(2,3)19-22-16(28-23-19)8-9-17(26)24-10-12-25(13-11-24)18(27)14-4-6-15(21)7-5-14/h4-7H,8-13H2,1-3H3. The molecule has 0 aliphatic carbocycles. The van der Waals surface area contributed by atoms with Crippen molar-refractivity contribution in [3.8, 4) is 0 Å². The van der Waals surface area contributed by atoms with Gasteiger partial charge in [0, 0.05) is 50.0 Å². The van der Waals surface area contributed by atoms with E-state index in [0.29, 0.717) is 49.9 Å². The lowest BCUT2D eigenvalue weighted by atomic mass is 9.96. The molecule has 1 aromatic heterocycles. The van der Waals surface area contributed by atoms with Gasteiger partial charge in [-0.15, -0.1) is 0 Å². The predicted octanol–water partition coefficient (Wildman–Crippen LogP) is 2.42. The second-order valence-electron chi connectivity index (χ2n) is 7.94. The zero-order valence-electron chi connectivity index (χ0n) is 16.4. The Kier molecular flexibility index (Phi) is 5.76. The fraction of sp³-hybridized carbons (Fsp3) is 0.500. The summed E-state index contributed by atoms with van der Waals surface area (Å²) in [4.78, 5) is 32.7. The molecule has 0 atom stereocenters. The van der Waals surface area contributed by atoms with Crippen molar-refractivity contribution in [1.29, 1.82) is 0 Å². The van der Waals surface area contributed by atoms with Crippen LogP contribution < -0.4 is 0 Å². The van der Waals surface area contributed by atoms with Crippen molar-refractivity contribution in [2.45, 2.75) is 39.0 Å². The van der Waals surface area contributed by atoms with Crippen LogP contribution in [0.4, 0.5) is 4.39 Å². The van der Waals surface area contributed by atoms with Crippen LogP contribution in [0.5, 0.6) is 0 Å². The van der Waals surface area contributed by atoms with Gasteiger partial charge >= 0.3 is 0 Å². The van der Waals surface area contributed by atoms with Crippen LogP contribution in [0.3, 0.4) is 0 Å². The summed E-state index contributed by atoms with van der Waals surface area (Å²) < 4.78 is 18.2. The molecule has 7 nitrogen and oxygen atoms in total. The molecule has 0 bridgehead atoms. The third kappa shape index (κ3) is 4.74. The summed E-state index contributed by atoms with van der Waals surface area (Å²) in [5.74, 6) is 0.575. The van der Waals surface area contributed by atoms with E-state index in [9.17, 15) is 14.0 Å². The molecule has 0 saturated carbocycles. The largest absolute Gasteiger partial charge is 0.339 e. The highest BCUT2D eigenvalue weighted by Crippen LogP contribution is 2.19. The Labute approximate surface area is 163 Å². The fourth-order valence-corrected chi connectivity index (χ4v) is 2.97. The summed E-state index contributed by atoms with van der Waals surface area (Å²) in [6.45, 7) is 7.86. The Morgan fingerprint density at radius 1 is 1.07 bits per heavy atom. The van der Waals surface area contributed by atoms with Crippen LogP contribution in [0.1, 0.15) is 49.3 Å². The number of hydrogen-bond donors (Lipinski definition) is 0. The van der Waals surface area contributed by atoms with E-state index >= 15 is 0 Å². The molecule has 8 heteroatoms. The van der Waals surface area contributed by atoms with Gasteiger partial charge in [-0.2, -0.15) is 4.98 Å². The van der Waals surface area contributed by atoms with Crippen molar-refractivity contribution in [3.63, 3.8) is 0 Å². The highest BCUT2D eigenvalue weighted by molar-refractivity contribution is 5.94. The predicted molar refractivity (Wildman–Crippen MR) is 100 cm³/mol. The number of amides is 2. The Morgan fingerprint density at radius 2 is 1.68 bits per heavy atom. The molecular weight excluding hydrogens is 363 g/mol. The van der Waals surface area contributed by atoms with Crippen LogP contribution in [0.25, 0.3) is 0 Å². The molecule has 1 aliphatic heterocycles. The van der Waals surface area contributed by atoms with E-state index in [2.05, 4.69) is 10.1 Å². The fourth-order valence-electron chi connectivity index (χ4n) is 2.97. The highest BCUT2D eigenvalue weighted by atomic mass is 19.1. The highest BCUT2D eigenvalue weighted by Gasteiger charge is 2.26. The van der Waals surface area contributed by atoms with Gasteiger partial charge in [0.25, 0.3) is 5.91 Å². The van der Waals surface area contributed by atoms with Gasteiger partial charge in [0.2, 0.25) is 11.8 Å². The first-order valence-electron chi connectivity index (χ1n) is 9.40. The number of nitrogens with zero attached hydrogens (tertiary/aromatic N) is 4. The summed E-state index contributed by atoms with van der Waals surface area (Å²) in [5, 5.41) is 3.96. The van der Waals surface area contributed by atoms with Crippen LogP contribution >= 0.6 is 0 Å². The number of aryl methyl sites for hydroxylation is 1. The molecule has 1 aromatic carbocycles. The number of piperazine rings is 1. The third-order valence-corrected chi connectivity index (χ3v) is 4.70. The average Bonchev–Trinajstić information content (AvgIpc) is 3.16. The van der Waals surface area contributed by atoms with Gasteiger partial charge in [0.15, 0.2) is 5.82 Å². The molecule has 2 heterocycles. The maximum absolute atomic E-state index is 13.0. The lowest BCUT2D eigenvalue weighted by molar-refractivity contribution is -0.132. The first-order valence-corrected chi connectivity index (χ1v) is 9.40. The molecular formula is C20H25FN4O3. The van der Waals surface area contributed by atoms with Crippen LogP contribution in [0.2, 0.25) is 0 Å². The number of carbonyl (C=O) groups excluding carboxylic acids is 2. The van der Waals surface area contributed by atoms with Crippen molar-refractivity contribution < 1.29 is 18.5 Å². The lowest BCUT2D eigenvalue weighted by Gasteiger charge is -2.34. The molecule has 0 spiro atoms. The summed E-state index contributed by atoms with van der Waals surface area (Å²) in [6.07, 6.45) is 0.689. The van der Waals surface area contributed by atoms with Gasteiger partial charge < -0.3 is 14.3 Å². The minimum atomic E-state index is -0.372. The Morgan fingerprint density at radius 3 is 2.25 bits per heavy atom. The molecule has 3 rings (SSSR count). The number of benzene rings is 1. The van der Waals surface area contributed by atoms with Crippen LogP contribution in [0.15, 0.2) is 28.8 Å². The van der Waals surface area contributed by atoms with Gasteiger partial charge in [-0.3, -0.25) is 9.59 Å². The van der Waals surface area contributed by atoms with Crippen molar-refractivity contribution in [2.75, 3.05) is 26.2 Å². The van der Waals surface area contributed by atoms with E-state index in [0.717, 1.165) is 0 Å². The monoisotopic (exact) mass is 388 g/mol. The lowest BCUT2D eigenvalue weighted by Crippen LogP contribution is -2.50. The molecule has 0 N–H and O–H groups in total. The van der Waals surface area contributed by atoms with E-state index in [-0.39, 0.29) is 29.5 Å². The van der Waals surface area contributed by atoms with Crippen LogP contribution in [0, 0.1) is 5.82 Å². The van der Waals surface area contributed by atoms with Crippen LogP contribution in [-0.2, 0) is 16.6 Å². The van der Waals surface area contributed by atoms with Gasteiger partial charge in [-0.1, -0.05) is 25.9 Å². The number of halogens is 1. The maximum Gasteiger partial charge on any atom is 0.253 e. The number of rotatable bonds is 4. The van der Waals surface area contributed by atoms with Crippen LogP contribution in [-0.4, -0.2) is 57.9 Å². The minimum absolute atomic E-state index is 0.00406. The molecule has 0 radical (unpaired) electrons. The molecule has 28 heavy (non-hydrogen) atoms. The summed E-state index contributed by atoms with van der Waals surface area (Å²) in [7, 11) is 0. The van der Waals surface area contributed by atoms with E-state index < -0.39 is 0 Å². The molecule has 0 unspecified atom stereocenters. The third-order valence-electron chi connectivity index (χ3n) is 4.70. The van der Waals surface area contributed by atoms with E-state index in [1.54, 1.807) is 9.80 Å². The topological polar surface area (TPSA) is 79.5 Å². The summed E-state index contributed by atoms with van der Waals surface area (Å²) in [6, 6.07) is 5.50. The van der Waals surface area contributed by atoms with Gasteiger partial charge in [-0.25, -0.2) is 4.39 Å². The minimum Gasteiger partial charge on any atom is -0.339 e. The molecule has 2 amide bonds. The number of aromatic nitrogens is 2. The van der Waals surface area contributed by atoms with Crippen molar-refractivity contribution in [1.82, 2.24) is 19.9 Å². The van der Waals surface area contributed by atoms with Gasteiger partial charge in [0.1, 0.15) is 5.82 Å². The first-order chi connectivity index (χ1) is 13.2. The molecule has 1 saturated heterocycles. The van der Waals surface area contributed by atoms with E-state index in [1.165, 1.54) is 24.3 Å². The number of carbonyl (C=O) groups is 2. The Bertz CT molecular complexity index is 834. The Balaban J connectivity index is 1.48. The van der Waals surface area contributed by atoms with E-state index in [4.69, 9.17) is 4.52 Å². The molecule has 150 valence electrons. The second kappa shape index (κ2) is 8.08.